The number of aryl methyl sites for hydroxylation is 2. The highest BCUT2D eigenvalue weighted by Crippen LogP contribution is 2.44. The SMILES string of the molecule is CCC1SCCSC1c1nc(NN)c2c(C)c(C)sc2n1. The summed E-state index contributed by atoms with van der Waals surface area (Å²) >= 11 is 5.75. The second-order valence-electron chi connectivity index (χ2n) is 5.15. The van der Waals surface area contributed by atoms with Crippen LogP contribution in [0.2, 0.25) is 0 Å². The minimum absolute atomic E-state index is 0.368. The molecule has 1 fully saturated rings. The van der Waals surface area contributed by atoms with Crippen LogP contribution in [0.15, 0.2) is 0 Å². The summed E-state index contributed by atoms with van der Waals surface area (Å²) in [5, 5.41) is 2.03. The first-order chi connectivity index (χ1) is 10.2. The molecule has 2 atom stereocenters. The zero-order valence-corrected chi connectivity index (χ0v) is 14.9. The van der Waals surface area contributed by atoms with Crippen LogP contribution in [0.3, 0.4) is 0 Å². The third-order valence-corrected chi connectivity index (χ3v) is 8.23. The highest BCUT2D eigenvalue weighted by Gasteiger charge is 2.30. The molecule has 21 heavy (non-hydrogen) atoms. The van der Waals surface area contributed by atoms with E-state index < -0.39 is 0 Å². The van der Waals surface area contributed by atoms with Gasteiger partial charge in [0, 0.05) is 21.6 Å². The zero-order valence-electron chi connectivity index (χ0n) is 12.5. The van der Waals surface area contributed by atoms with Crippen LogP contribution < -0.4 is 11.3 Å². The van der Waals surface area contributed by atoms with Crippen LogP contribution in [-0.2, 0) is 0 Å². The average Bonchev–Trinajstić information content (AvgIpc) is 2.81. The van der Waals surface area contributed by atoms with Crippen molar-refractivity contribution in [3.8, 4) is 0 Å². The Kier molecular flexibility index (Phi) is 4.63. The van der Waals surface area contributed by atoms with E-state index in [0.29, 0.717) is 10.5 Å². The molecule has 0 radical (unpaired) electrons. The Morgan fingerprint density at radius 1 is 1.24 bits per heavy atom. The topological polar surface area (TPSA) is 63.8 Å². The van der Waals surface area contributed by atoms with Crippen LogP contribution in [0.5, 0.6) is 0 Å². The molecule has 0 saturated carbocycles. The highest BCUT2D eigenvalue weighted by atomic mass is 32.2. The summed E-state index contributed by atoms with van der Waals surface area (Å²) in [5.74, 6) is 9.80. The highest BCUT2D eigenvalue weighted by molar-refractivity contribution is 8.06. The number of nitrogens with one attached hydrogen (secondary N) is 1. The van der Waals surface area contributed by atoms with Crippen molar-refractivity contribution in [3.05, 3.63) is 16.3 Å². The fourth-order valence-electron chi connectivity index (χ4n) is 2.64. The van der Waals surface area contributed by atoms with E-state index in [1.807, 2.05) is 23.5 Å². The molecular formula is C14H20N4S3. The van der Waals surface area contributed by atoms with Crippen LogP contribution in [-0.4, -0.2) is 26.7 Å². The lowest BCUT2D eigenvalue weighted by atomic mass is 10.2. The van der Waals surface area contributed by atoms with Crippen LogP contribution >= 0.6 is 34.9 Å². The second kappa shape index (κ2) is 6.32. The minimum atomic E-state index is 0.368. The molecule has 3 N–H and O–H groups in total. The summed E-state index contributed by atoms with van der Waals surface area (Å²) in [7, 11) is 0. The Hall–Kier alpha value is -0.500. The number of hydrazine groups is 1. The molecule has 3 rings (SSSR count). The second-order valence-corrected chi connectivity index (χ2v) is 8.95. The number of thiophene rings is 1. The van der Waals surface area contributed by atoms with Crippen molar-refractivity contribution in [1.29, 1.82) is 0 Å². The molecule has 0 amide bonds. The number of nitrogen functional groups attached to an aromatic ring is 1. The van der Waals surface area contributed by atoms with E-state index >= 15 is 0 Å². The van der Waals surface area contributed by atoms with Gasteiger partial charge in [0.1, 0.15) is 10.7 Å². The van der Waals surface area contributed by atoms with Gasteiger partial charge in [-0.1, -0.05) is 6.92 Å². The molecule has 2 unspecified atom stereocenters. The zero-order chi connectivity index (χ0) is 15.0. The summed E-state index contributed by atoms with van der Waals surface area (Å²) in [6.45, 7) is 6.48. The molecule has 1 aliphatic heterocycles. The summed E-state index contributed by atoms with van der Waals surface area (Å²) in [6, 6.07) is 0. The Bertz CT molecular complexity index is 655. The maximum absolute atomic E-state index is 5.71. The Labute approximate surface area is 137 Å². The first-order valence-corrected chi connectivity index (χ1v) is 10.0. The lowest BCUT2D eigenvalue weighted by Gasteiger charge is -2.28. The number of aromatic nitrogens is 2. The number of hydrogen-bond acceptors (Lipinski definition) is 7. The molecule has 2 aromatic rings. The van der Waals surface area contributed by atoms with E-state index in [1.165, 1.54) is 21.9 Å². The number of rotatable bonds is 3. The Morgan fingerprint density at radius 2 is 2.00 bits per heavy atom. The van der Waals surface area contributed by atoms with Crippen molar-refractivity contribution < 1.29 is 0 Å². The molecule has 114 valence electrons. The van der Waals surface area contributed by atoms with Gasteiger partial charge in [0.05, 0.1) is 10.6 Å². The van der Waals surface area contributed by atoms with Crippen molar-refractivity contribution in [3.63, 3.8) is 0 Å². The summed E-state index contributed by atoms with van der Waals surface area (Å²) in [5.41, 5.74) is 4.00. The largest absolute Gasteiger partial charge is 0.308 e. The number of nitrogens with zero attached hydrogens (tertiary/aromatic N) is 2. The quantitative estimate of drug-likeness (QED) is 0.653. The van der Waals surface area contributed by atoms with E-state index in [1.54, 1.807) is 11.3 Å². The maximum Gasteiger partial charge on any atom is 0.152 e. The predicted octanol–water partition coefficient (Wildman–Crippen LogP) is 3.89. The van der Waals surface area contributed by atoms with Gasteiger partial charge >= 0.3 is 0 Å². The van der Waals surface area contributed by atoms with Gasteiger partial charge in [-0.3, -0.25) is 0 Å². The molecule has 7 heteroatoms. The third kappa shape index (κ3) is 2.76. The number of anilines is 1. The van der Waals surface area contributed by atoms with Gasteiger partial charge < -0.3 is 5.43 Å². The van der Waals surface area contributed by atoms with Gasteiger partial charge in [0.2, 0.25) is 0 Å². The van der Waals surface area contributed by atoms with Gasteiger partial charge in [-0.25, -0.2) is 15.8 Å². The fraction of sp³-hybridized carbons (Fsp3) is 0.571. The molecule has 0 spiro atoms. The summed E-state index contributed by atoms with van der Waals surface area (Å²) < 4.78 is 0. The number of fused-ring (bicyclic) bond motifs is 1. The predicted molar refractivity (Wildman–Crippen MR) is 96.4 cm³/mol. The monoisotopic (exact) mass is 340 g/mol. The summed E-state index contributed by atoms with van der Waals surface area (Å²) in [6.07, 6.45) is 1.15. The molecule has 0 aliphatic carbocycles. The van der Waals surface area contributed by atoms with Gasteiger partial charge in [-0.15, -0.1) is 23.1 Å². The fourth-order valence-corrected chi connectivity index (χ4v) is 6.67. The number of nitrogens with two attached hydrogens (primary N) is 1. The standard InChI is InChI=1S/C14H20N4S3/c1-4-9-11(20-6-5-19-9)13-16-12(18-15)10-7(2)8(3)21-14(10)17-13/h9,11H,4-6,15H2,1-3H3,(H,16,17,18). The van der Waals surface area contributed by atoms with Crippen molar-refractivity contribution >= 4 is 50.9 Å². The van der Waals surface area contributed by atoms with E-state index in [-0.39, 0.29) is 0 Å². The van der Waals surface area contributed by atoms with E-state index in [0.717, 1.165) is 28.3 Å². The molecule has 1 saturated heterocycles. The van der Waals surface area contributed by atoms with Crippen LogP contribution in [0.4, 0.5) is 5.82 Å². The average molecular weight is 341 g/mol. The Morgan fingerprint density at radius 3 is 2.71 bits per heavy atom. The van der Waals surface area contributed by atoms with Crippen molar-refractivity contribution in [2.75, 3.05) is 16.9 Å². The molecule has 4 nitrogen and oxygen atoms in total. The molecule has 3 heterocycles. The van der Waals surface area contributed by atoms with E-state index in [4.69, 9.17) is 15.8 Å². The number of thioether (sulfide) groups is 2. The van der Waals surface area contributed by atoms with Crippen molar-refractivity contribution in [2.45, 2.75) is 37.7 Å². The Balaban J connectivity index is 2.10. The van der Waals surface area contributed by atoms with Crippen LogP contribution in [0, 0.1) is 13.8 Å². The molecule has 1 aliphatic rings. The molecule has 0 aromatic carbocycles. The van der Waals surface area contributed by atoms with Gasteiger partial charge in [0.15, 0.2) is 5.82 Å². The molecule has 2 aromatic heterocycles. The smallest absolute Gasteiger partial charge is 0.152 e. The normalized spacial score (nSPS) is 22.7. The van der Waals surface area contributed by atoms with Crippen molar-refractivity contribution in [2.24, 2.45) is 5.84 Å². The summed E-state index contributed by atoms with van der Waals surface area (Å²) in [4.78, 5) is 11.9. The lowest BCUT2D eigenvalue weighted by Crippen LogP contribution is -2.21. The van der Waals surface area contributed by atoms with Gasteiger partial charge in [-0.05, 0) is 25.8 Å². The van der Waals surface area contributed by atoms with Crippen LogP contribution in [0.1, 0.15) is 34.9 Å². The van der Waals surface area contributed by atoms with E-state index in [2.05, 4.69) is 26.2 Å². The molecule has 0 bridgehead atoms. The minimum Gasteiger partial charge on any atom is -0.308 e. The van der Waals surface area contributed by atoms with Gasteiger partial charge in [-0.2, -0.15) is 11.8 Å². The lowest BCUT2D eigenvalue weighted by molar-refractivity contribution is 0.755. The van der Waals surface area contributed by atoms with Crippen LogP contribution in [0.25, 0.3) is 10.2 Å². The maximum atomic E-state index is 5.71. The first kappa shape index (κ1) is 15.4. The van der Waals surface area contributed by atoms with E-state index in [9.17, 15) is 0 Å². The molecular weight excluding hydrogens is 320 g/mol. The van der Waals surface area contributed by atoms with Gasteiger partial charge in [0.25, 0.3) is 0 Å². The van der Waals surface area contributed by atoms with Crippen molar-refractivity contribution in [1.82, 2.24) is 9.97 Å². The number of hydrogen-bond donors (Lipinski definition) is 2. The first-order valence-electron chi connectivity index (χ1n) is 7.13. The third-order valence-electron chi connectivity index (χ3n) is 3.89.